The Hall–Kier alpha value is -4.79. The Balaban J connectivity index is 0.000000304. The Morgan fingerprint density at radius 3 is 1.92 bits per heavy atom. The van der Waals surface area contributed by atoms with Gasteiger partial charge < -0.3 is 10.2 Å². The molecule has 2 saturated heterocycles. The molecule has 0 saturated carbocycles. The average molecular weight is 726 g/mol. The van der Waals surface area contributed by atoms with Crippen LogP contribution in [0.5, 0.6) is 0 Å². The maximum atomic E-state index is 12.9. The van der Waals surface area contributed by atoms with Crippen LogP contribution in [0.3, 0.4) is 0 Å². The monoisotopic (exact) mass is 725 g/mol. The lowest BCUT2D eigenvalue weighted by Crippen LogP contribution is -2.52. The normalized spacial score (nSPS) is 18.1. The largest absolute Gasteiger partial charge is 0.359 e. The van der Waals surface area contributed by atoms with Gasteiger partial charge in [0.2, 0.25) is 35.4 Å². The van der Waals surface area contributed by atoms with E-state index in [9.17, 15) is 43.2 Å². The number of nitrogens with zero attached hydrogens (tertiary/aromatic N) is 1. The quantitative estimate of drug-likeness (QED) is 0.0606. The Bertz CT molecular complexity index is 1510. The molecule has 3 aliphatic rings. The third kappa shape index (κ3) is 13.4. The number of benzene rings is 1. The summed E-state index contributed by atoms with van der Waals surface area (Å²) in [5.41, 5.74) is 3.73. The molecule has 284 valence electrons. The van der Waals surface area contributed by atoms with Crippen LogP contribution in [0, 0.1) is 5.92 Å². The van der Waals surface area contributed by atoms with Crippen LogP contribution in [-0.4, -0.2) is 76.1 Å². The predicted molar refractivity (Wildman–Crippen MR) is 186 cm³/mol. The standard InChI is InChI=1S/C23H29N3O5.C14H22N2O5/c1-24-20(28)10-5-3-2-4-8-16(27)13-15-7-6-9-17-18(15)14-26(23(17)31)19-11-12-21(29)25-22(19)30;17-11(5-3-1-2-4-6-13(19)16-21)9-10-7-8-12(18)15-14(10)20/h6-7,9,19H,2-5,8,10-14H2,1H3,(H,24,28)(H,25,29,30);10,21H,1-9H2,(H,16,19)(H,15,18,20). The van der Waals surface area contributed by atoms with E-state index in [4.69, 9.17) is 5.21 Å². The van der Waals surface area contributed by atoms with Crippen LogP contribution >= 0.6 is 0 Å². The molecule has 0 aromatic heterocycles. The van der Waals surface area contributed by atoms with Crippen LogP contribution in [0.15, 0.2) is 18.2 Å². The number of hydrogen-bond acceptors (Lipinski definition) is 10. The lowest BCUT2D eigenvalue weighted by atomic mass is 9.91. The van der Waals surface area contributed by atoms with Crippen molar-refractivity contribution in [2.45, 2.75) is 128 Å². The second-order valence-corrected chi connectivity index (χ2v) is 13.5. The number of amides is 7. The Labute approximate surface area is 303 Å². The van der Waals surface area contributed by atoms with Gasteiger partial charge in [-0.15, -0.1) is 0 Å². The summed E-state index contributed by atoms with van der Waals surface area (Å²) in [6, 6.07) is 4.70. The fourth-order valence-electron chi connectivity index (χ4n) is 6.53. The van der Waals surface area contributed by atoms with E-state index in [1.165, 1.54) is 4.90 Å². The highest BCUT2D eigenvalue weighted by Crippen LogP contribution is 2.30. The van der Waals surface area contributed by atoms with Gasteiger partial charge in [-0.25, -0.2) is 5.48 Å². The molecule has 52 heavy (non-hydrogen) atoms. The summed E-state index contributed by atoms with van der Waals surface area (Å²) in [6.45, 7) is 0.281. The molecule has 2 fully saturated rings. The minimum atomic E-state index is -0.657. The van der Waals surface area contributed by atoms with Crippen molar-refractivity contribution >= 4 is 52.9 Å². The molecule has 5 N–H and O–H groups in total. The maximum absolute atomic E-state index is 12.9. The number of imide groups is 2. The van der Waals surface area contributed by atoms with E-state index >= 15 is 0 Å². The molecule has 1 aromatic carbocycles. The first-order valence-corrected chi connectivity index (χ1v) is 18.2. The Kier molecular flexibility index (Phi) is 17.2. The van der Waals surface area contributed by atoms with Gasteiger partial charge in [-0.05, 0) is 55.7 Å². The molecule has 15 heteroatoms. The number of hydrogen-bond donors (Lipinski definition) is 5. The first-order chi connectivity index (χ1) is 24.9. The van der Waals surface area contributed by atoms with Crippen LogP contribution in [0.2, 0.25) is 0 Å². The molecule has 15 nitrogen and oxygen atoms in total. The molecule has 2 unspecified atom stereocenters. The van der Waals surface area contributed by atoms with Crippen molar-refractivity contribution in [3.8, 4) is 0 Å². The van der Waals surface area contributed by atoms with Crippen LogP contribution in [0.25, 0.3) is 0 Å². The molecule has 0 radical (unpaired) electrons. The van der Waals surface area contributed by atoms with Gasteiger partial charge in [-0.1, -0.05) is 37.8 Å². The van der Waals surface area contributed by atoms with E-state index in [0.29, 0.717) is 50.5 Å². The molecule has 4 rings (SSSR count). The third-order valence-corrected chi connectivity index (χ3v) is 9.52. The summed E-state index contributed by atoms with van der Waals surface area (Å²) in [7, 11) is 1.62. The van der Waals surface area contributed by atoms with Crippen LogP contribution in [0.1, 0.15) is 131 Å². The fraction of sp³-hybridized carbons (Fsp3) is 0.595. The van der Waals surface area contributed by atoms with E-state index in [1.807, 2.05) is 6.07 Å². The van der Waals surface area contributed by atoms with Crippen molar-refractivity contribution in [3.63, 3.8) is 0 Å². The van der Waals surface area contributed by atoms with Gasteiger partial charge in [0.05, 0.1) is 0 Å². The molecule has 1 aromatic rings. The number of Topliss-reactive ketones (excluding diaryl/α,β-unsaturated/α-hetero) is 2. The number of nitrogens with one attached hydrogen (secondary N) is 4. The summed E-state index contributed by atoms with van der Waals surface area (Å²) in [5.74, 6) is -2.16. The molecule has 2 atom stereocenters. The molecule has 0 bridgehead atoms. The first-order valence-electron chi connectivity index (χ1n) is 18.2. The second kappa shape index (κ2) is 21.5. The minimum absolute atomic E-state index is 0.0370. The summed E-state index contributed by atoms with van der Waals surface area (Å²) >= 11 is 0. The van der Waals surface area contributed by atoms with Crippen molar-refractivity contribution in [2.24, 2.45) is 5.92 Å². The van der Waals surface area contributed by atoms with Crippen LogP contribution < -0.4 is 21.4 Å². The molecule has 0 spiro atoms. The predicted octanol–water partition coefficient (Wildman–Crippen LogP) is 2.49. The van der Waals surface area contributed by atoms with Crippen molar-refractivity contribution in [2.75, 3.05) is 7.05 Å². The number of carbonyl (C=O) groups excluding carboxylic acids is 9. The number of carbonyl (C=O) groups is 9. The highest BCUT2D eigenvalue weighted by atomic mass is 16.5. The summed E-state index contributed by atoms with van der Waals surface area (Å²) in [4.78, 5) is 107. The van der Waals surface area contributed by atoms with Gasteiger partial charge >= 0.3 is 0 Å². The second-order valence-electron chi connectivity index (χ2n) is 13.5. The number of unbranched alkanes of at least 4 members (excludes halogenated alkanes) is 6. The van der Waals surface area contributed by atoms with Gasteiger partial charge in [-0.3, -0.25) is 59.0 Å². The zero-order valence-electron chi connectivity index (χ0n) is 29.9. The fourth-order valence-corrected chi connectivity index (χ4v) is 6.53. The van der Waals surface area contributed by atoms with E-state index < -0.39 is 17.9 Å². The van der Waals surface area contributed by atoms with Gasteiger partial charge in [0, 0.05) is 76.4 Å². The van der Waals surface area contributed by atoms with Crippen LogP contribution in [-0.2, 0) is 51.3 Å². The molecule has 3 aliphatic heterocycles. The van der Waals surface area contributed by atoms with Crippen molar-refractivity contribution in [1.82, 2.24) is 26.3 Å². The summed E-state index contributed by atoms with van der Waals surface area (Å²) in [5, 5.41) is 15.4. The maximum Gasteiger partial charge on any atom is 0.255 e. The molecule has 7 amide bonds. The zero-order valence-corrected chi connectivity index (χ0v) is 29.9. The zero-order chi connectivity index (χ0) is 38.0. The summed E-state index contributed by atoms with van der Waals surface area (Å²) in [6.07, 6.45) is 9.89. The topological polar surface area (TPSA) is 225 Å². The number of rotatable bonds is 19. The molecule has 3 heterocycles. The lowest BCUT2D eigenvalue weighted by molar-refractivity contribution is -0.139. The van der Waals surface area contributed by atoms with Gasteiger partial charge in [0.15, 0.2) is 0 Å². The highest BCUT2D eigenvalue weighted by Gasteiger charge is 2.39. The van der Waals surface area contributed by atoms with Crippen LogP contribution in [0.4, 0.5) is 0 Å². The highest BCUT2D eigenvalue weighted by molar-refractivity contribution is 6.05. The Morgan fingerprint density at radius 2 is 1.33 bits per heavy atom. The van der Waals surface area contributed by atoms with Crippen molar-refractivity contribution in [1.29, 1.82) is 0 Å². The molecule has 0 aliphatic carbocycles. The SMILES string of the molecule is CNC(=O)CCCCCCC(=O)Cc1cccc2c1CN(C1CCC(=O)NC1=O)C2=O.O=C(CCCCCCC(=O)NO)CC1CCC(=O)NC1=O. The smallest absolute Gasteiger partial charge is 0.255 e. The Morgan fingerprint density at radius 1 is 0.750 bits per heavy atom. The summed E-state index contributed by atoms with van der Waals surface area (Å²) < 4.78 is 0. The lowest BCUT2D eigenvalue weighted by Gasteiger charge is -2.29. The van der Waals surface area contributed by atoms with Gasteiger partial charge in [-0.2, -0.15) is 0 Å². The number of hydroxylamine groups is 1. The van der Waals surface area contributed by atoms with Crippen molar-refractivity contribution in [3.05, 3.63) is 34.9 Å². The van der Waals surface area contributed by atoms with E-state index in [1.54, 1.807) is 24.7 Å². The van der Waals surface area contributed by atoms with E-state index in [0.717, 1.165) is 56.1 Å². The molecular formula is C37H51N5O10. The average Bonchev–Trinajstić information content (AvgIpc) is 3.45. The first kappa shape index (κ1) is 41.6. The third-order valence-electron chi connectivity index (χ3n) is 9.52. The van der Waals surface area contributed by atoms with Gasteiger partial charge in [0.1, 0.15) is 17.6 Å². The minimum Gasteiger partial charge on any atom is -0.359 e. The number of fused-ring (bicyclic) bond motifs is 1. The molecular weight excluding hydrogens is 674 g/mol. The van der Waals surface area contributed by atoms with E-state index in [-0.39, 0.29) is 79.2 Å². The number of piperidine rings is 2. The van der Waals surface area contributed by atoms with E-state index in [2.05, 4.69) is 16.0 Å². The number of ketones is 2. The van der Waals surface area contributed by atoms with Crippen molar-refractivity contribution < 1.29 is 48.4 Å². The van der Waals surface area contributed by atoms with Gasteiger partial charge in [0.25, 0.3) is 5.91 Å².